The monoisotopic (exact) mass is 262 g/mol. The van der Waals surface area contributed by atoms with Crippen LogP contribution in [0.15, 0.2) is 0 Å². The lowest BCUT2D eigenvalue weighted by molar-refractivity contribution is -0.375. The van der Waals surface area contributed by atoms with Gasteiger partial charge in [-0.2, -0.15) is 0 Å². The first-order valence-corrected chi connectivity index (χ1v) is 7.76. The van der Waals surface area contributed by atoms with Gasteiger partial charge in [0.2, 0.25) is 0 Å². The first-order valence-electron chi connectivity index (χ1n) is 7.76. The van der Waals surface area contributed by atoms with Gasteiger partial charge in [0.1, 0.15) is 0 Å². The zero-order valence-corrected chi connectivity index (χ0v) is 14.4. The number of ether oxygens (including phenoxy) is 1. The SMILES string of the molecule is CCC(C)C.CCC(C)C.CCC(C)OCC[NH3+]. The number of hydrogen-bond acceptors (Lipinski definition) is 1. The molecule has 0 heterocycles. The van der Waals surface area contributed by atoms with Crippen molar-refractivity contribution in [3.8, 4) is 0 Å². The van der Waals surface area contributed by atoms with E-state index in [-0.39, 0.29) is 0 Å². The fourth-order valence-electron chi connectivity index (χ4n) is 0.402. The highest BCUT2D eigenvalue weighted by molar-refractivity contribution is 4.42. The summed E-state index contributed by atoms with van der Waals surface area (Å²) in [5, 5.41) is 0. The molecular formula is C16H40NO+. The fourth-order valence-corrected chi connectivity index (χ4v) is 0.402. The van der Waals surface area contributed by atoms with Crippen LogP contribution in [-0.2, 0) is 4.74 Å². The van der Waals surface area contributed by atoms with E-state index in [0.29, 0.717) is 6.10 Å². The van der Waals surface area contributed by atoms with Crippen molar-refractivity contribution >= 4 is 0 Å². The molecule has 0 aromatic rings. The Labute approximate surface area is 117 Å². The smallest absolute Gasteiger partial charge is 0.0977 e. The Balaban J connectivity index is -0.000000197. The molecule has 0 aliphatic rings. The van der Waals surface area contributed by atoms with Gasteiger partial charge in [-0.1, -0.05) is 61.3 Å². The van der Waals surface area contributed by atoms with Crippen LogP contribution < -0.4 is 5.73 Å². The summed E-state index contributed by atoms with van der Waals surface area (Å²) in [4.78, 5) is 0. The predicted octanol–water partition coefficient (Wildman–Crippen LogP) is 4.15. The Bertz CT molecular complexity index is 116. The molecule has 0 aliphatic heterocycles. The van der Waals surface area contributed by atoms with Gasteiger partial charge in [0.15, 0.2) is 0 Å². The van der Waals surface area contributed by atoms with Crippen LogP contribution in [0, 0.1) is 11.8 Å². The van der Waals surface area contributed by atoms with Crippen molar-refractivity contribution in [1.29, 1.82) is 0 Å². The van der Waals surface area contributed by atoms with E-state index in [1.807, 2.05) is 0 Å². The van der Waals surface area contributed by atoms with Crippen LogP contribution in [0.4, 0.5) is 0 Å². The third kappa shape index (κ3) is 36.0. The molecule has 0 amide bonds. The van der Waals surface area contributed by atoms with Gasteiger partial charge in [-0.25, -0.2) is 0 Å². The van der Waals surface area contributed by atoms with E-state index in [9.17, 15) is 0 Å². The second-order valence-electron chi connectivity index (χ2n) is 5.55. The lowest BCUT2D eigenvalue weighted by Crippen LogP contribution is -2.52. The molecule has 0 aromatic carbocycles. The topological polar surface area (TPSA) is 36.9 Å². The Morgan fingerprint density at radius 3 is 1.28 bits per heavy atom. The summed E-state index contributed by atoms with van der Waals surface area (Å²) >= 11 is 0. The standard InChI is InChI=1S/C6H15NO.2C5H12/c1-3-6(2)8-5-4-7;2*1-4-5(2)3/h6H,3-5,7H2,1-2H3;2*5H,4H2,1-3H3/p+1. The van der Waals surface area contributed by atoms with E-state index < -0.39 is 0 Å². The predicted molar refractivity (Wildman–Crippen MR) is 83.7 cm³/mol. The first kappa shape index (κ1) is 23.0. The molecular weight excluding hydrogens is 222 g/mol. The molecule has 0 radical (unpaired) electrons. The Morgan fingerprint density at radius 2 is 1.11 bits per heavy atom. The van der Waals surface area contributed by atoms with Gasteiger partial charge in [0.05, 0.1) is 19.3 Å². The van der Waals surface area contributed by atoms with Crippen LogP contribution in [0.5, 0.6) is 0 Å². The second-order valence-corrected chi connectivity index (χ2v) is 5.55. The maximum Gasteiger partial charge on any atom is 0.0977 e. The molecule has 114 valence electrons. The van der Waals surface area contributed by atoms with Gasteiger partial charge >= 0.3 is 0 Å². The molecule has 1 unspecified atom stereocenters. The second kappa shape index (κ2) is 19.3. The summed E-state index contributed by atoms with van der Waals surface area (Å²) in [5.74, 6) is 1.77. The summed E-state index contributed by atoms with van der Waals surface area (Å²) < 4.78 is 5.28. The maximum atomic E-state index is 5.28. The minimum Gasteiger partial charge on any atom is -0.373 e. The molecule has 0 rings (SSSR count). The summed E-state index contributed by atoms with van der Waals surface area (Å²) in [7, 11) is 0. The van der Waals surface area contributed by atoms with Crippen LogP contribution in [0.25, 0.3) is 0 Å². The average Bonchev–Trinajstić information content (AvgIpc) is 2.37. The lowest BCUT2D eigenvalue weighted by atomic mass is 10.2. The minimum absolute atomic E-state index is 0.414. The summed E-state index contributed by atoms with van der Waals surface area (Å²) in [6, 6.07) is 0. The molecule has 0 bridgehead atoms. The fraction of sp³-hybridized carbons (Fsp3) is 1.00. The molecule has 18 heavy (non-hydrogen) atoms. The van der Waals surface area contributed by atoms with E-state index in [4.69, 9.17) is 4.74 Å². The third-order valence-corrected chi connectivity index (χ3v) is 2.75. The molecule has 1 atom stereocenters. The molecule has 0 fully saturated rings. The third-order valence-electron chi connectivity index (χ3n) is 2.75. The highest BCUT2D eigenvalue weighted by atomic mass is 16.5. The van der Waals surface area contributed by atoms with Gasteiger partial charge in [-0.05, 0) is 25.2 Å². The summed E-state index contributed by atoms with van der Waals surface area (Å²) in [6.07, 6.45) is 4.12. The molecule has 0 spiro atoms. The molecule has 0 saturated carbocycles. The van der Waals surface area contributed by atoms with Gasteiger partial charge in [-0.3, -0.25) is 0 Å². The normalized spacial score (nSPS) is 11.5. The van der Waals surface area contributed by atoms with Crippen LogP contribution >= 0.6 is 0 Å². The van der Waals surface area contributed by atoms with Crippen molar-refractivity contribution in [2.24, 2.45) is 11.8 Å². The molecule has 0 saturated heterocycles. The van der Waals surface area contributed by atoms with Gasteiger partial charge in [0.25, 0.3) is 0 Å². The highest BCUT2D eigenvalue weighted by Crippen LogP contribution is 1.94. The summed E-state index contributed by atoms with van der Waals surface area (Å²) in [6.45, 7) is 19.2. The van der Waals surface area contributed by atoms with Crippen LogP contribution in [0.3, 0.4) is 0 Å². The average molecular weight is 263 g/mol. The quantitative estimate of drug-likeness (QED) is 0.767. The zero-order chi connectivity index (χ0) is 15.0. The van der Waals surface area contributed by atoms with Gasteiger partial charge < -0.3 is 10.5 Å². The molecule has 2 nitrogen and oxygen atoms in total. The highest BCUT2D eigenvalue weighted by Gasteiger charge is 1.94. The van der Waals surface area contributed by atoms with Crippen LogP contribution in [0.2, 0.25) is 0 Å². The van der Waals surface area contributed by atoms with Gasteiger partial charge in [0, 0.05) is 0 Å². The largest absolute Gasteiger partial charge is 0.373 e. The minimum atomic E-state index is 0.414. The molecule has 3 N–H and O–H groups in total. The van der Waals surface area contributed by atoms with E-state index >= 15 is 0 Å². The Kier molecular flexibility index (Phi) is 24.7. The van der Waals surface area contributed by atoms with Crippen molar-refractivity contribution in [3.63, 3.8) is 0 Å². The number of rotatable bonds is 6. The lowest BCUT2D eigenvalue weighted by Gasteiger charge is -2.06. The summed E-state index contributed by atoms with van der Waals surface area (Å²) in [5.41, 5.74) is 3.67. The van der Waals surface area contributed by atoms with E-state index in [1.54, 1.807) is 0 Å². The number of quaternary nitrogens is 1. The first-order chi connectivity index (χ1) is 8.35. The molecule has 0 aliphatic carbocycles. The van der Waals surface area contributed by atoms with Crippen LogP contribution in [-0.4, -0.2) is 19.3 Å². The van der Waals surface area contributed by atoms with E-state index in [0.717, 1.165) is 31.4 Å². The van der Waals surface area contributed by atoms with Gasteiger partial charge in [-0.15, -0.1) is 0 Å². The molecule has 2 heteroatoms. The van der Waals surface area contributed by atoms with E-state index in [2.05, 4.69) is 61.1 Å². The van der Waals surface area contributed by atoms with Crippen molar-refractivity contribution in [2.75, 3.05) is 13.2 Å². The number of hydrogen-bond donors (Lipinski definition) is 1. The van der Waals surface area contributed by atoms with Crippen molar-refractivity contribution in [2.45, 2.75) is 80.8 Å². The van der Waals surface area contributed by atoms with Crippen molar-refractivity contribution < 1.29 is 10.5 Å². The van der Waals surface area contributed by atoms with Crippen molar-refractivity contribution in [1.82, 2.24) is 0 Å². The zero-order valence-electron chi connectivity index (χ0n) is 14.4. The maximum absolute atomic E-state index is 5.28. The van der Waals surface area contributed by atoms with Crippen molar-refractivity contribution in [3.05, 3.63) is 0 Å². The Morgan fingerprint density at radius 1 is 0.778 bits per heavy atom. The van der Waals surface area contributed by atoms with E-state index in [1.165, 1.54) is 12.8 Å². The Hall–Kier alpha value is -0.0800. The molecule has 0 aromatic heterocycles. The van der Waals surface area contributed by atoms with Crippen LogP contribution in [0.1, 0.15) is 74.7 Å².